The lowest BCUT2D eigenvalue weighted by molar-refractivity contribution is -0.144. The molecule has 0 aromatic carbocycles. The van der Waals surface area contributed by atoms with Crippen molar-refractivity contribution in [3.8, 4) is 0 Å². The van der Waals surface area contributed by atoms with Gasteiger partial charge in [-0.2, -0.15) is 0 Å². The summed E-state index contributed by atoms with van der Waals surface area (Å²) >= 11 is 0. The van der Waals surface area contributed by atoms with Gasteiger partial charge < -0.3 is 20.6 Å². The number of urea groups is 1. The molecule has 0 bridgehead atoms. The largest absolute Gasteiger partial charge is 0.480 e. The summed E-state index contributed by atoms with van der Waals surface area (Å²) in [4.78, 5) is 35.7. The maximum Gasteiger partial charge on any atom is 0.329 e. The molecular weight excluding hydrogens is 250 g/mol. The number of hydrogen-bond donors (Lipinski definition) is 3. The molecule has 0 fully saturated rings. The Morgan fingerprint density at radius 2 is 1.84 bits per heavy atom. The minimum absolute atomic E-state index is 0.0966. The van der Waals surface area contributed by atoms with E-state index < -0.39 is 17.5 Å². The Hall–Kier alpha value is -1.79. The summed E-state index contributed by atoms with van der Waals surface area (Å²) in [6, 6.07) is -0.551. The molecule has 0 saturated heterocycles. The lowest BCUT2D eigenvalue weighted by Crippen LogP contribution is -2.57. The fourth-order valence-corrected chi connectivity index (χ4v) is 1.62. The Kier molecular flexibility index (Phi) is 6.89. The standard InChI is InChI=1S/C12H23N3O4/c1-5-7-12(3,10(17)18)14-11(19)15(6-2)8-9(16)13-4/h5-8H2,1-4H3,(H,13,16)(H,14,19)(H,17,18). The highest BCUT2D eigenvalue weighted by Gasteiger charge is 2.35. The third-order valence-electron chi connectivity index (χ3n) is 2.89. The van der Waals surface area contributed by atoms with E-state index in [0.29, 0.717) is 19.4 Å². The SMILES string of the molecule is CCCC(C)(NC(=O)N(CC)CC(=O)NC)C(=O)O. The molecule has 0 heterocycles. The number of carbonyl (C=O) groups excluding carboxylic acids is 2. The van der Waals surface area contributed by atoms with Crippen LogP contribution >= 0.6 is 0 Å². The van der Waals surface area contributed by atoms with Gasteiger partial charge in [0.15, 0.2) is 0 Å². The zero-order valence-electron chi connectivity index (χ0n) is 11.9. The van der Waals surface area contributed by atoms with Gasteiger partial charge in [-0.05, 0) is 20.3 Å². The number of amides is 3. The number of nitrogens with zero attached hydrogens (tertiary/aromatic N) is 1. The average Bonchev–Trinajstić information content (AvgIpc) is 2.35. The van der Waals surface area contributed by atoms with Gasteiger partial charge in [-0.25, -0.2) is 9.59 Å². The summed E-state index contributed by atoms with van der Waals surface area (Å²) < 4.78 is 0. The minimum Gasteiger partial charge on any atom is -0.480 e. The number of carbonyl (C=O) groups is 3. The van der Waals surface area contributed by atoms with Crippen molar-refractivity contribution in [3.63, 3.8) is 0 Å². The number of hydrogen-bond acceptors (Lipinski definition) is 3. The second kappa shape index (κ2) is 7.60. The van der Waals surface area contributed by atoms with Gasteiger partial charge in [0, 0.05) is 13.6 Å². The number of rotatable bonds is 7. The highest BCUT2D eigenvalue weighted by molar-refractivity contribution is 5.88. The molecule has 0 aliphatic rings. The minimum atomic E-state index is -1.32. The maximum absolute atomic E-state index is 12.0. The van der Waals surface area contributed by atoms with Gasteiger partial charge in [0.25, 0.3) is 0 Å². The molecule has 0 aliphatic heterocycles. The van der Waals surface area contributed by atoms with Crippen molar-refractivity contribution < 1.29 is 19.5 Å². The van der Waals surface area contributed by atoms with Gasteiger partial charge in [-0.1, -0.05) is 13.3 Å². The van der Waals surface area contributed by atoms with Crippen LogP contribution in [-0.4, -0.2) is 53.6 Å². The van der Waals surface area contributed by atoms with Crippen LogP contribution < -0.4 is 10.6 Å². The van der Waals surface area contributed by atoms with Crippen LogP contribution in [0.15, 0.2) is 0 Å². The second-order valence-corrected chi connectivity index (χ2v) is 4.50. The van der Waals surface area contributed by atoms with E-state index in [1.807, 2.05) is 6.92 Å². The summed E-state index contributed by atoms with van der Waals surface area (Å²) in [6.45, 7) is 5.25. The molecule has 0 spiro atoms. The highest BCUT2D eigenvalue weighted by Crippen LogP contribution is 2.13. The zero-order chi connectivity index (χ0) is 15.1. The molecule has 0 saturated carbocycles. The van der Waals surface area contributed by atoms with Crippen LogP contribution in [0.2, 0.25) is 0 Å². The summed E-state index contributed by atoms with van der Waals surface area (Å²) in [5.41, 5.74) is -1.32. The predicted molar refractivity (Wildman–Crippen MR) is 70.8 cm³/mol. The van der Waals surface area contributed by atoms with E-state index in [2.05, 4.69) is 10.6 Å². The fraction of sp³-hybridized carbons (Fsp3) is 0.750. The van der Waals surface area contributed by atoms with Gasteiger partial charge in [-0.15, -0.1) is 0 Å². The van der Waals surface area contributed by atoms with Crippen molar-refractivity contribution in [2.45, 2.75) is 39.2 Å². The molecule has 110 valence electrons. The summed E-state index contributed by atoms with van der Waals surface area (Å²) in [7, 11) is 1.48. The van der Waals surface area contributed by atoms with E-state index in [4.69, 9.17) is 0 Å². The molecule has 0 aliphatic carbocycles. The molecular formula is C12H23N3O4. The first-order chi connectivity index (χ1) is 8.80. The van der Waals surface area contributed by atoms with Gasteiger partial charge in [-0.3, -0.25) is 4.79 Å². The van der Waals surface area contributed by atoms with Gasteiger partial charge in [0.2, 0.25) is 5.91 Å². The van der Waals surface area contributed by atoms with Crippen LogP contribution in [0.1, 0.15) is 33.6 Å². The summed E-state index contributed by atoms with van der Waals surface area (Å²) in [5.74, 6) is -1.39. The van der Waals surface area contributed by atoms with Crippen LogP contribution in [0, 0.1) is 0 Å². The Labute approximate surface area is 113 Å². The van der Waals surface area contributed by atoms with Crippen LogP contribution in [0.3, 0.4) is 0 Å². The first-order valence-electron chi connectivity index (χ1n) is 6.31. The van der Waals surface area contributed by atoms with Crippen LogP contribution in [0.25, 0.3) is 0 Å². The smallest absolute Gasteiger partial charge is 0.329 e. The molecule has 7 heteroatoms. The molecule has 1 atom stereocenters. The Morgan fingerprint density at radius 3 is 2.21 bits per heavy atom. The molecule has 3 N–H and O–H groups in total. The van der Waals surface area contributed by atoms with Crippen molar-refractivity contribution in [1.82, 2.24) is 15.5 Å². The Morgan fingerprint density at radius 1 is 1.26 bits per heavy atom. The number of likely N-dealkylation sites (N-methyl/N-ethyl adjacent to an activating group) is 2. The lowest BCUT2D eigenvalue weighted by atomic mass is 9.96. The third-order valence-corrected chi connectivity index (χ3v) is 2.89. The van der Waals surface area contributed by atoms with Crippen LogP contribution in [0.5, 0.6) is 0 Å². The first kappa shape index (κ1) is 17.2. The lowest BCUT2D eigenvalue weighted by Gasteiger charge is -2.29. The van der Waals surface area contributed by atoms with Crippen molar-refractivity contribution in [1.29, 1.82) is 0 Å². The maximum atomic E-state index is 12.0. The Balaban J connectivity index is 4.78. The van der Waals surface area contributed by atoms with Crippen LogP contribution in [-0.2, 0) is 9.59 Å². The quantitative estimate of drug-likeness (QED) is 0.625. The molecule has 0 radical (unpaired) electrons. The van der Waals surface area contributed by atoms with Gasteiger partial charge in [0.1, 0.15) is 12.1 Å². The van der Waals surface area contributed by atoms with E-state index in [0.717, 1.165) is 0 Å². The van der Waals surface area contributed by atoms with Crippen LogP contribution in [0.4, 0.5) is 4.79 Å². The molecule has 7 nitrogen and oxygen atoms in total. The normalized spacial score (nSPS) is 13.3. The van der Waals surface area contributed by atoms with Crippen molar-refractivity contribution in [2.24, 2.45) is 0 Å². The topological polar surface area (TPSA) is 98.7 Å². The fourth-order valence-electron chi connectivity index (χ4n) is 1.62. The summed E-state index contributed by atoms with van der Waals surface area (Å²) in [6.07, 6.45) is 0.955. The molecule has 19 heavy (non-hydrogen) atoms. The van der Waals surface area contributed by atoms with Crippen molar-refractivity contribution in [3.05, 3.63) is 0 Å². The number of nitrogens with one attached hydrogen (secondary N) is 2. The average molecular weight is 273 g/mol. The van der Waals surface area contributed by atoms with E-state index in [9.17, 15) is 19.5 Å². The van der Waals surface area contributed by atoms with Gasteiger partial charge >= 0.3 is 12.0 Å². The zero-order valence-corrected chi connectivity index (χ0v) is 11.9. The Bertz CT molecular complexity index is 346. The summed E-state index contributed by atoms with van der Waals surface area (Å²) in [5, 5.41) is 14.1. The second-order valence-electron chi connectivity index (χ2n) is 4.50. The first-order valence-corrected chi connectivity index (χ1v) is 6.31. The monoisotopic (exact) mass is 273 g/mol. The van der Waals surface area contributed by atoms with E-state index in [1.54, 1.807) is 6.92 Å². The van der Waals surface area contributed by atoms with E-state index in [-0.39, 0.29) is 12.5 Å². The highest BCUT2D eigenvalue weighted by atomic mass is 16.4. The third kappa shape index (κ3) is 5.15. The van der Waals surface area contributed by atoms with Crippen molar-refractivity contribution in [2.75, 3.05) is 20.1 Å². The molecule has 0 aromatic heterocycles. The molecule has 0 aromatic rings. The van der Waals surface area contributed by atoms with E-state index in [1.165, 1.54) is 18.9 Å². The number of carboxylic acids is 1. The molecule has 0 rings (SSSR count). The number of aliphatic carboxylic acids is 1. The number of carboxylic acid groups (broad SMARTS) is 1. The molecule has 3 amide bonds. The van der Waals surface area contributed by atoms with Gasteiger partial charge in [0.05, 0.1) is 0 Å². The predicted octanol–water partition coefficient (Wildman–Crippen LogP) is 0.407. The van der Waals surface area contributed by atoms with Crippen molar-refractivity contribution >= 4 is 17.9 Å². The van der Waals surface area contributed by atoms with E-state index >= 15 is 0 Å². The molecule has 1 unspecified atom stereocenters.